The molecule has 0 bridgehead atoms. The molecule has 1 aromatic heterocycles. The van der Waals surface area contributed by atoms with Crippen molar-refractivity contribution in [2.24, 2.45) is 0 Å². The summed E-state index contributed by atoms with van der Waals surface area (Å²) in [7, 11) is -4.03. The average Bonchev–Trinajstić information content (AvgIpc) is 2.39. The fourth-order valence-electron chi connectivity index (χ4n) is 1.29. The molecule has 20 heavy (non-hydrogen) atoms. The third-order valence-corrected chi connectivity index (χ3v) is 3.11. The Bertz CT molecular complexity index is 653. The number of aliphatic hydroxyl groups excluding tert-OH is 1. The number of hydrogen-bond donors (Lipinski definition) is 3. The molecule has 3 N–H and O–H groups in total. The molecule has 0 saturated heterocycles. The molecule has 1 aromatic carbocycles. The molecule has 108 valence electrons. The van der Waals surface area contributed by atoms with E-state index in [-0.39, 0.29) is 17.3 Å². The van der Waals surface area contributed by atoms with Crippen LogP contribution in [-0.2, 0) is 16.7 Å². The molecule has 0 fully saturated rings. The fourth-order valence-corrected chi connectivity index (χ4v) is 1.87. The highest BCUT2D eigenvalue weighted by Crippen LogP contribution is 2.09. The molecule has 2 aromatic rings. The second-order valence-electron chi connectivity index (χ2n) is 3.96. The van der Waals surface area contributed by atoms with Crippen molar-refractivity contribution in [3.63, 3.8) is 0 Å². The van der Waals surface area contributed by atoms with Gasteiger partial charge in [-0.3, -0.25) is 9.54 Å². The van der Waals surface area contributed by atoms with E-state index < -0.39 is 10.1 Å². The predicted molar refractivity (Wildman–Crippen MR) is 72.8 cm³/mol. The van der Waals surface area contributed by atoms with Gasteiger partial charge in [-0.1, -0.05) is 12.1 Å². The van der Waals surface area contributed by atoms with Crippen molar-refractivity contribution in [1.29, 1.82) is 0 Å². The summed E-state index contributed by atoms with van der Waals surface area (Å²) in [5.41, 5.74) is 1.37. The van der Waals surface area contributed by atoms with Crippen molar-refractivity contribution in [3.8, 4) is 5.75 Å². The lowest BCUT2D eigenvalue weighted by molar-refractivity contribution is 0.276. The quantitative estimate of drug-likeness (QED) is 0.725. The molecule has 0 radical (unpaired) electrons. The first-order chi connectivity index (χ1) is 9.32. The summed E-state index contributed by atoms with van der Waals surface area (Å²) in [6.07, 6.45) is 1.30. The molecule has 0 spiro atoms. The van der Waals surface area contributed by atoms with E-state index in [2.05, 4.69) is 4.98 Å². The molecule has 6 nitrogen and oxygen atoms in total. The summed E-state index contributed by atoms with van der Waals surface area (Å²) in [4.78, 5) is 3.64. The van der Waals surface area contributed by atoms with Crippen LogP contribution in [-0.4, -0.2) is 28.2 Å². The molecule has 7 heteroatoms. The lowest BCUT2D eigenvalue weighted by atomic mass is 10.2. The number of aliphatic hydroxyl groups is 1. The minimum atomic E-state index is -4.03. The SMILES string of the molecule is Cc1cccc(S(=O)(=O)O)c1.OCc1ccc(O)cn1. The third kappa shape index (κ3) is 5.35. The van der Waals surface area contributed by atoms with Crippen LogP contribution in [0.3, 0.4) is 0 Å². The number of nitrogens with zero attached hydrogens (tertiary/aromatic N) is 1. The first-order valence-corrected chi connectivity index (χ1v) is 7.06. The molecule has 0 aliphatic heterocycles. The van der Waals surface area contributed by atoms with Crippen molar-refractivity contribution >= 4 is 10.1 Å². The molecule has 2 rings (SSSR count). The lowest BCUT2D eigenvalue weighted by Crippen LogP contribution is -1.97. The Labute approximate surface area is 117 Å². The summed E-state index contributed by atoms with van der Waals surface area (Å²) in [5, 5.41) is 17.2. The normalized spacial score (nSPS) is 10.6. The van der Waals surface area contributed by atoms with Crippen LogP contribution in [0.4, 0.5) is 0 Å². The second kappa shape index (κ2) is 6.99. The summed E-state index contributed by atoms with van der Waals surface area (Å²) in [6, 6.07) is 9.15. The Morgan fingerprint density at radius 1 is 1.20 bits per heavy atom. The van der Waals surface area contributed by atoms with Gasteiger partial charge in [-0.2, -0.15) is 8.42 Å². The van der Waals surface area contributed by atoms with E-state index in [1.807, 2.05) is 0 Å². The van der Waals surface area contributed by atoms with E-state index in [9.17, 15) is 8.42 Å². The minimum absolute atomic E-state index is 0.0579. The molecule has 1 heterocycles. The Balaban J connectivity index is 0.000000204. The Kier molecular flexibility index (Phi) is 5.63. The zero-order chi connectivity index (χ0) is 15.2. The van der Waals surface area contributed by atoms with Gasteiger partial charge in [-0.25, -0.2) is 0 Å². The molecule has 0 saturated carbocycles. The zero-order valence-electron chi connectivity index (χ0n) is 10.8. The van der Waals surface area contributed by atoms with Crippen LogP contribution in [0.5, 0.6) is 5.75 Å². The lowest BCUT2D eigenvalue weighted by Gasteiger charge is -1.96. The van der Waals surface area contributed by atoms with Gasteiger partial charge in [0.2, 0.25) is 0 Å². The number of aryl methyl sites for hydroxylation is 1. The largest absolute Gasteiger partial charge is 0.506 e. The van der Waals surface area contributed by atoms with Crippen LogP contribution >= 0.6 is 0 Å². The monoisotopic (exact) mass is 297 g/mol. The maximum absolute atomic E-state index is 10.5. The van der Waals surface area contributed by atoms with Gasteiger partial charge in [-0.15, -0.1) is 0 Å². The van der Waals surface area contributed by atoms with Crippen LogP contribution in [0, 0.1) is 6.92 Å². The highest BCUT2D eigenvalue weighted by atomic mass is 32.2. The second-order valence-corrected chi connectivity index (χ2v) is 5.38. The van der Waals surface area contributed by atoms with Crippen molar-refractivity contribution in [3.05, 3.63) is 53.9 Å². The Hall–Kier alpha value is -1.96. The molecule has 0 aliphatic carbocycles. The zero-order valence-corrected chi connectivity index (χ0v) is 11.6. The predicted octanol–water partition coefficient (Wildman–Crippen LogP) is 1.52. The third-order valence-electron chi connectivity index (χ3n) is 2.26. The first kappa shape index (κ1) is 16.1. The average molecular weight is 297 g/mol. The van der Waals surface area contributed by atoms with Gasteiger partial charge in [-0.05, 0) is 36.8 Å². The highest BCUT2D eigenvalue weighted by Gasteiger charge is 2.07. The molecule has 0 atom stereocenters. The van der Waals surface area contributed by atoms with E-state index in [0.29, 0.717) is 5.69 Å². The van der Waals surface area contributed by atoms with Crippen LogP contribution in [0.15, 0.2) is 47.5 Å². The molecule has 0 aliphatic rings. The number of benzene rings is 1. The first-order valence-electron chi connectivity index (χ1n) is 5.62. The number of pyridine rings is 1. The van der Waals surface area contributed by atoms with E-state index in [0.717, 1.165) is 5.56 Å². The number of hydrogen-bond acceptors (Lipinski definition) is 5. The Morgan fingerprint density at radius 3 is 2.30 bits per heavy atom. The van der Waals surface area contributed by atoms with Gasteiger partial charge in [0.15, 0.2) is 0 Å². The number of rotatable bonds is 2. The fraction of sp³-hybridized carbons (Fsp3) is 0.154. The van der Waals surface area contributed by atoms with E-state index in [4.69, 9.17) is 14.8 Å². The highest BCUT2D eigenvalue weighted by molar-refractivity contribution is 7.85. The van der Waals surface area contributed by atoms with Crippen molar-refractivity contribution in [1.82, 2.24) is 4.98 Å². The number of aromatic nitrogens is 1. The van der Waals surface area contributed by atoms with Gasteiger partial charge in [0, 0.05) is 0 Å². The summed E-state index contributed by atoms with van der Waals surface area (Å²) < 4.78 is 29.7. The van der Waals surface area contributed by atoms with E-state index >= 15 is 0 Å². The van der Waals surface area contributed by atoms with Gasteiger partial charge in [0.05, 0.1) is 23.4 Å². The van der Waals surface area contributed by atoms with Crippen molar-refractivity contribution in [2.45, 2.75) is 18.4 Å². The van der Waals surface area contributed by atoms with E-state index in [1.54, 1.807) is 25.1 Å². The molecule has 0 unspecified atom stereocenters. The van der Waals surface area contributed by atoms with E-state index in [1.165, 1.54) is 24.4 Å². The van der Waals surface area contributed by atoms with Crippen LogP contribution in [0.1, 0.15) is 11.3 Å². The van der Waals surface area contributed by atoms with Gasteiger partial charge in [0.25, 0.3) is 10.1 Å². The van der Waals surface area contributed by atoms with Crippen molar-refractivity contribution < 1.29 is 23.2 Å². The topological polar surface area (TPSA) is 108 Å². The summed E-state index contributed by atoms with van der Waals surface area (Å²) in [6.45, 7) is 1.68. The molecule has 0 amide bonds. The van der Waals surface area contributed by atoms with Gasteiger partial charge in [0.1, 0.15) is 5.75 Å². The van der Waals surface area contributed by atoms with Crippen LogP contribution < -0.4 is 0 Å². The van der Waals surface area contributed by atoms with Gasteiger partial charge < -0.3 is 10.2 Å². The maximum Gasteiger partial charge on any atom is 0.294 e. The van der Waals surface area contributed by atoms with Crippen LogP contribution in [0.25, 0.3) is 0 Å². The van der Waals surface area contributed by atoms with Gasteiger partial charge >= 0.3 is 0 Å². The standard InChI is InChI=1S/C7H8O3S.C6H7NO2/c1-6-3-2-4-7(5-6)11(8,9)10;8-4-5-1-2-6(9)3-7-5/h2-5H,1H3,(H,8,9,10);1-3,8-9H,4H2. The molecular formula is C13H15NO5S. The number of aromatic hydroxyl groups is 1. The maximum atomic E-state index is 10.5. The minimum Gasteiger partial charge on any atom is -0.506 e. The molecular weight excluding hydrogens is 282 g/mol. The summed E-state index contributed by atoms with van der Waals surface area (Å²) in [5.74, 6) is 0.118. The van der Waals surface area contributed by atoms with Crippen molar-refractivity contribution in [2.75, 3.05) is 0 Å². The summed E-state index contributed by atoms with van der Waals surface area (Å²) >= 11 is 0. The Morgan fingerprint density at radius 2 is 1.90 bits per heavy atom. The van der Waals surface area contributed by atoms with Crippen LogP contribution in [0.2, 0.25) is 0 Å². The smallest absolute Gasteiger partial charge is 0.294 e.